The van der Waals surface area contributed by atoms with Crippen molar-refractivity contribution in [2.45, 2.75) is 25.4 Å². The predicted octanol–water partition coefficient (Wildman–Crippen LogP) is 3.53. The number of rotatable bonds is 8. The lowest BCUT2D eigenvalue weighted by molar-refractivity contribution is -0.138. The number of hydrogen-bond acceptors (Lipinski definition) is 8. The van der Waals surface area contributed by atoms with E-state index >= 15 is 0 Å². The monoisotopic (exact) mass is 444 g/mol. The molecule has 6 N–H and O–H groups in total. The van der Waals surface area contributed by atoms with Gasteiger partial charge in [-0.2, -0.15) is 15.0 Å². The molecule has 1 heterocycles. The number of ether oxygens (including phenoxy) is 1. The van der Waals surface area contributed by atoms with Gasteiger partial charge in [0.15, 0.2) is 0 Å². The van der Waals surface area contributed by atoms with Gasteiger partial charge in [0, 0.05) is 0 Å². The van der Waals surface area contributed by atoms with Gasteiger partial charge in [0.1, 0.15) is 11.8 Å². The molecular weight excluding hydrogens is 420 g/mol. The highest BCUT2D eigenvalue weighted by Crippen LogP contribution is 2.24. The average molecular weight is 444 g/mol. The second-order valence-corrected chi connectivity index (χ2v) is 7.67. The molecule has 0 amide bonds. The molecule has 0 saturated heterocycles. The van der Waals surface area contributed by atoms with E-state index in [1.165, 1.54) is 5.39 Å². The van der Waals surface area contributed by atoms with E-state index in [1.54, 1.807) is 24.3 Å². The van der Waals surface area contributed by atoms with Crippen LogP contribution in [0.4, 0.5) is 11.9 Å². The predicted molar refractivity (Wildman–Crippen MR) is 126 cm³/mol. The lowest BCUT2D eigenvalue weighted by Crippen LogP contribution is -2.32. The van der Waals surface area contributed by atoms with Crippen molar-refractivity contribution < 1.29 is 14.6 Å². The molecule has 168 valence electrons. The van der Waals surface area contributed by atoms with E-state index in [4.69, 9.17) is 21.3 Å². The van der Waals surface area contributed by atoms with Gasteiger partial charge < -0.3 is 26.6 Å². The SMILES string of the molecule is C[C@H](Nc1nc(N)nc(Oc2ccc(CC(N)C(=O)O)cc2)n1)c1ccc2ccccc2c1. The Balaban J connectivity index is 1.46. The van der Waals surface area contributed by atoms with E-state index in [0.29, 0.717) is 11.7 Å². The molecule has 0 aliphatic carbocycles. The summed E-state index contributed by atoms with van der Waals surface area (Å²) in [6.45, 7) is 2.01. The second kappa shape index (κ2) is 9.49. The Labute approximate surface area is 190 Å². The van der Waals surface area contributed by atoms with E-state index in [1.807, 2.05) is 19.1 Å². The lowest BCUT2D eigenvalue weighted by atomic mass is 10.0. The van der Waals surface area contributed by atoms with Gasteiger partial charge >= 0.3 is 12.0 Å². The summed E-state index contributed by atoms with van der Waals surface area (Å²) in [5.41, 5.74) is 13.3. The highest BCUT2D eigenvalue weighted by Gasteiger charge is 2.14. The number of aromatic nitrogens is 3. The molecule has 33 heavy (non-hydrogen) atoms. The largest absolute Gasteiger partial charge is 0.480 e. The van der Waals surface area contributed by atoms with Crippen molar-refractivity contribution in [3.8, 4) is 11.8 Å². The van der Waals surface area contributed by atoms with Crippen LogP contribution in [0.25, 0.3) is 10.8 Å². The molecule has 0 aliphatic heterocycles. The molecule has 0 radical (unpaired) electrons. The summed E-state index contributed by atoms with van der Waals surface area (Å²) in [5, 5.41) is 14.5. The highest BCUT2D eigenvalue weighted by atomic mass is 16.5. The number of carboxylic acids is 1. The number of nitrogens with one attached hydrogen (secondary N) is 1. The van der Waals surface area contributed by atoms with Crippen LogP contribution in [0.5, 0.6) is 11.8 Å². The van der Waals surface area contributed by atoms with Crippen molar-refractivity contribution in [1.29, 1.82) is 0 Å². The average Bonchev–Trinajstić information content (AvgIpc) is 2.79. The molecule has 0 saturated carbocycles. The van der Waals surface area contributed by atoms with Gasteiger partial charge in [-0.15, -0.1) is 0 Å². The Morgan fingerprint density at radius 3 is 2.48 bits per heavy atom. The lowest BCUT2D eigenvalue weighted by Gasteiger charge is -2.15. The number of anilines is 2. The topological polar surface area (TPSA) is 149 Å². The van der Waals surface area contributed by atoms with Crippen LogP contribution in [0, 0.1) is 0 Å². The summed E-state index contributed by atoms with van der Waals surface area (Å²) in [6, 6.07) is 20.3. The van der Waals surface area contributed by atoms with Crippen LogP contribution >= 0.6 is 0 Å². The smallest absolute Gasteiger partial charge is 0.328 e. The van der Waals surface area contributed by atoms with E-state index in [9.17, 15) is 4.79 Å². The van der Waals surface area contributed by atoms with Crippen molar-refractivity contribution in [2.24, 2.45) is 5.73 Å². The third-order valence-electron chi connectivity index (χ3n) is 5.16. The number of aliphatic carboxylic acids is 1. The Morgan fingerprint density at radius 2 is 1.76 bits per heavy atom. The first kappa shape index (κ1) is 22.0. The highest BCUT2D eigenvalue weighted by molar-refractivity contribution is 5.83. The zero-order valence-electron chi connectivity index (χ0n) is 18.0. The van der Waals surface area contributed by atoms with Gasteiger partial charge in [-0.3, -0.25) is 4.79 Å². The number of nitrogens with two attached hydrogens (primary N) is 2. The van der Waals surface area contributed by atoms with Crippen LogP contribution in [0.15, 0.2) is 66.7 Å². The van der Waals surface area contributed by atoms with Crippen molar-refractivity contribution in [1.82, 2.24) is 15.0 Å². The molecule has 4 aromatic rings. The molecule has 3 aromatic carbocycles. The Hall–Kier alpha value is -4.24. The van der Waals surface area contributed by atoms with Crippen molar-refractivity contribution in [3.63, 3.8) is 0 Å². The van der Waals surface area contributed by atoms with Crippen molar-refractivity contribution in [3.05, 3.63) is 77.9 Å². The Morgan fingerprint density at radius 1 is 1.03 bits per heavy atom. The van der Waals surface area contributed by atoms with Crippen LogP contribution in [-0.2, 0) is 11.2 Å². The maximum Gasteiger partial charge on any atom is 0.328 e. The fraction of sp³-hybridized carbons (Fsp3) is 0.167. The van der Waals surface area contributed by atoms with Crippen molar-refractivity contribution >= 4 is 28.6 Å². The van der Waals surface area contributed by atoms with E-state index < -0.39 is 12.0 Å². The van der Waals surface area contributed by atoms with Gasteiger partial charge in [0.25, 0.3) is 0 Å². The molecule has 2 atom stereocenters. The third-order valence-corrected chi connectivity index (χ3v) is 5.16. The van der Waals surface area contributed by atoms with Crippen LogP contribution < -0.4 is 21.5 Å². The molecule has 0 spiro atoms. The number of nitrogen functional groups attached to an aromatic ring is 1. The van der Waals surface area contributed by atoms with Crippen LogP contribution in [0.2, 0.25) is 0 Å². The van der Waals surface area contributed by atoms with Gasteiger partial charge in [0.05, 0.1) is 6.04 Å². The summed E-state index contributed by atoms with van der Waals surface area (Å²) in [5.74, 6) is -0.254. The molecule has 0 fully saturated rings. The number of carbonyl (C=O) groups is 1. The second-order valence-electron chi connectivity index (χ2n) is 7.67. The van der Waals surface area contributed by atoms with E-state index in [0.717, 1.165) is 16.5 Å². The van der Waals surface area contributed by atoms with Crippen molar-refractivity contribution in [2.75, 3.05) is 11.1 Å². The van der Waals surface area contributed by atoms with Crippen LogP contribution in [-0.4, -0.2) is 32.1 Å². The molecule has 0 aliphatic rings. The molecule has 0 bridgehead atoms. The molecule has 9 nitrogen and oxygen atoms in total. The minimum absolute atomic E-state index is 0.0252. The van der Waals surface area contributed by atoms with Crippen LogP contribution in [0.1, 0.15) is 24.1 Å². The van der Waals surface area contributed by atoms with Crippen LogP contribution in [0.3, 0.4) is 0 Å². The number of carboxylic acid groups (broad SMARTS) is 1. The first-order valence-electron chi connectivity index (χ1n) is 10.4. The quantitative estimate of drug-likeness (QED) is 0.320. The fourth-order valence-electron chi connectivity index (χ4n) is 3.38. The first-order valence-corrected chi connectivity index (χ1v) is 10.4. The maximum atomic E-state index is 10.9. The van der Waals surface area contributed by atoms with E-state index in [-0.39, 0.29) is 24.4 Å². The summed E-state index contributed by atoms with van der Waals surface area (Å²) in [4.78, 5) is 23.4. The summed E-state index contributed by atoms with van der Waals surface area (Å²) in [6.07, 6.45) is 0.217. The van der Waals surface area contributed by atoms with Gasteiger partial charge in [-0.25, -0.2) is 0 Å². The standard InChI is InChI=1S/C24H24N6O3/c1-14(17-9-8-16-4-2-3-5-18(16)13-17)27-23-28-22(26)29-24(30-23)33-19-10-6-15(7-11-19)12-20(25)21(31)32/h2-11,13-14,20H,12,25H2,1H3,(H,31,32)(H3,26,27,28,29,30)/t14-,20?/m0/s1. The molecule has 9 heteroatoms. The first-order chi connectivity index (χ1) is 15.9. The van der Waals surface area contributed by atoms with Gasteiger partial charge in [-0.1, -0.05) is 48.5 Å². The molecular formula is C24H24N6O3. The summed E-state index contributed by atoms with van der Waals surface area (Å²) < 4.78 is 5.72. The zero-order chi connectivity index (χ0) is 23.4. The Bertz CT molecular complexity index is 1280. The summed E-state index contributed by atoms with van der Waals surface area (Å²) >= 11 is 0. The zero-order valence-corrected chi connectivity index (χ0v) is 18.0. The van der Waals surface area contributed by atoms with E-state index in [2.05, 4.69) is 50.6 Å². The summed E-state index contributed by atoms with van der Waals surface area (Å²) in [7, 11) is 0. The third kappa shape index (κ3) is 5.52. The number of benzene rings is 3. The molecule has 4 rings (SSSR count). The minimum atomic E-state index is -1.05. The number of nitrogens with zero attached hydrogens (tertiary/aromatic N) is 3. The Kier molecular flexibility index (Phi) is 6.32. The minimum Gasteiger partial charge on any atom is -0.480 e. The normalized spacial score (nSPS) is 12.8. The molecule has 1 aromatic heterocycles. The van der Waals surface area contributed by atoms with Gasteiger partial charge in [-0.05, 0) is 53.4 Å². The number of fused-ring (bicyclic) bond motifs is 1. The number of hydrogen-bond donors (Lipinski definition) is 4. The fourth-order valence-corrected chi connectivity index (χ4v) is 3.38. The van der Waals surface area contributed by atoms with Gasteiger partial charge in [0.2, 0.25) is 11.9 Å². The maximum absolute atomic E-state index is 10.9. The molecule has 1 unspecified atom stereocenters.